The number of carbonyl (C=O) groups is 1. The van der Waals surface area contributed by atoms with Crippen LogP contribution < -0.4 is 0 Å². The molecule has 1 aliphatic rings. The van der Waals surface area contributed by atoms with Crippen molar-refractivity contribution in [1.29, 1.82) is 0 Å². The highest BCUT2D eigenvalue weighted by molar-refractivity contribution is 6.00. The van der Waals surface area contributed by atoms with E-state index in [1.807, 2.05) is 24.4 Å². The number of Topliss-reactive ketones (excluding diaryl/α,β-unsaturated/α-hetero) is 1. The Hall–Kier alpha value is -3.01. The Kier molecular flexibility index (Phi) is 3.80. The van der Waals surface area contributed by atoms with E-state index in [4.69, 9.17) is 0 Å². The van der Waals surface area contributed by atoms with E-state index in [0.29, 0.717) is 12.0 Å². The Morgan fingerprint density at radius 3 is 2.56 bits per heavy atom. The Morgan fingerprint density at radius 1 is 1.12 bits per heavy atom. The minimum Gasteiger partial charge on any atom is -0.323 e. The summed E-state index contributed by atoms with van der Waals surface area (Å²) in [7, 11) is 0. The molecule has 3 nitrogen and oxygen atoms in total. The fourth-order valence-corrected chi connectivity index (χ4v) is 3.53. The van der Waals surface area contributed by atoms with Crippen LogP contribution in [0.4, 0.5) is 4.39 Å². The third kappa shape index (κ3) is 2.70. The van der Waals surface area contributed by atoms with Gasteiger partial charge in [-0.25, -0.2) is 9.37 Å². The summed E-state index contributed by atoms with van der Waals surface area (Å²) < 4.78 is 15.2. The SMILES string of the molecule is CC1=C(c2ccccc2)C(CC(=O)c2ccc(F)cc2)n2cncc21. The van der Waals surface area contributed by atoms with Gasteiger partial charge in [0.05, 0.1) is 24.3 Å². The molecule has 1 atom stereocenters. The van der Waals surface area contributed by atoms with Crippen molar-refractivity contribution in [1.82, 2.24) is 9.55 Å². The van der Waals surface area contributed by atoms with Gasteiger partial charge >= 0.3 is 0 Å². The highest BCUT2D eigenvalue weighted by Gasteiger charge is 2.31. The Balaban J connectivity index is 1.71. The number of fused-ring (bicyclic) bond motifs is 1. The molecular weight excluding hydrogens is 315 g/mol. The van der Waals surface area contributed by atoms with Gasteiger partial charge in [0.1, 0.15) is 5.82 Å². The van der Waals surface area contributed by atoms with Crippen LogP contribution in [0, 0.1) is 5.82 Å². The topological polar surface area (TPSA) is 34.9 Å². The van der Waals surface area contributed by atoms with Crippen molar-refractivity contribution in [2.45, 2.75) is 19.4 Å². The first-order valence-electron chi connectivity index (χ1n) is 8.22. The highest BCUT2D eigenvalue weighted by Crippen LogP contribution is 2.44. The van der Waals surface area contributed by atoms with E-state index < -0.39 is 0 Å². The molecule has 2 heterocycles. The van der Waals surface area contributed by atoms with E-state index in [1.165, 1.54) is 12.1 Å². The number of allylic oxidation sites excluding steroid dienone is 2. The maximum absolute atomic E-state index is 13.1. The molecular formula is C21H17FN2O. The summed E-state index contributed by atoms with van der Waals surface area (Å²) in [6.07, 6.45) is 3.93. The molecule has 4 rings (SSSR count). The number of hydrogen-bond acceptors (Lipinski definition) is 2. The zero-order valence-corrected chi connectivity index (χ0v) is 13.8. The maximum Gasteiger partial charge on any atom is 0.165 e. The van der Waals surface area contributed by atoms with Crippen LogP contribution in [0.3, 0.4) is 0 Å². The molecule has 4 heteroatoms. The van der Waals surface area contributed by atoms with Crippen LogP contribution in [0.2, 0.25) is 0 Å². The van der Waals surface area contributed by atoms with E-state index in [9.17, 15) is 9.18 Å². The first kappa shape index (κ1) is 15.5. The number of imidazole rings is 1. The van der Waals surface area contributed by atoms with Gasteiger partial charge in [0.25, 0.3) is 0 Å². The van der Waals surface area contributed by atoms with Crippen molar-refractivity contribution in [3.63, 3.8) is 0 Å². The lowest BCUT2D eigenvalue weighted by atomic mass is 9.92. The van der Waals surface area contributed by atoms with Crippen LogP contribution in [-0.2, 0) is 0 Å². The predicted molar refractivity (Wildman–Crippen MR) is 95.5 cm³/mol. The third-order valence-electron chi connectivity index (χ3n) is 4.75. The molecule has 25 heavy (non-hydrogen) atoms. The Labute approximate surface area is 145 Å². The molecule has 0 amide bonds. The van der Waals surface area contributed by atoms with Crippen LogP contribution in [0.1, 0.15) is 41.0 Å². The highest BCUT2D eigenvalue weighted by atomic mass is 19.1. The largest absolute Gasteiger partial charge is 0.323 e. The van der Waals surface area contributed by atoms with Gasteiger partial charge in [-0.15, -0.1) is 0 Å². The molecule has 0 saturated heterocycles. The molecule has 1 aromatic heterocycles. The maximum atomic E-state index is 13.1. The molecule has 0 aliphatic carbocycles. The number of aromatic nitrogens is 2. The fourth-order valence-electron chi connectivity index (χ4n) is 3.53. The fraction of sp³-hybridized carbons (Fsp3) is 0.143. The minimum atomic E-state index is -0.338. The third-order valence-corrected chi connectivity index (χ3v) is 4.75. The average molecular weight is 332 g/mol. The molecule has 0 spiro atoms. The standard InChI is InChI=1S/C21H17FN2O/c1-14-19-12-23-13-24(19)18(21(14)16-5-3-2-4-6-16)11-20(25)15-7-9-17(22)10-8-15/h2-10,12-13,18H,11H2,1H3. The van der Waals surface area contributed by atoms with Gasteiger partial charge in [-0.05, 0) is 47.9 Å². The van der Waals surface area contributed by atoms with Crippen LogP contribution in [0.25, 0.3) is 11.1 Å². The first-order valence-corrected chi connectivity index (χ1v) is 8.22. The number of hydrogen-bond donors (Lipinski definition) is 0. The van der Waals surface area contributed by atoms with Crippen LogP contribution in [0.5, 0.6) is 0 Å². The van der Waals surface area contributed by atoms with Gasteiger partial charge in [-0.2, -0.15) is 0 Å². The summed E-state index contributed by atoms with van der Waals surface area (Å²) in [6.45, 7) is 2.07. The van der Waals surface area contributed by atoms with Crippen molar-refractivity contribution in [2.24, 2.45) is 0 Å². The molecule has 1 aliphatic heterocycles. The van der Waals surface area contributed by atoms with Crippen molar-refractivity contribution >= 4 is 16.9 Å². The average Bonchev–Trinajstić information content (AvgIpc) is 3.20. The summed E-state index contributed by atoms with van der Waals surface area (Å²) >= 11 is 0. The van der Waals surface area contributed by atoms with Gasteiger partial charge in [0.2, 0.25) is 0 Å². The molecule has 124 valence electrons. The lowest BCUT2D eigenvalue weighted by Crippen LogP contribution is -2.13. The summed E-state index contributed by atoms with van der Waals surface area (Å²) in [6, 6.07) is 15.7. The van der Waals surface area contributed by atoms with E-state index in [-0.39, 0.29) is 17.6 Å². The van der Waals surface area contributed by atoms with Crippen molar-refractivity contribution in [2.75, 3.05) is 0 Å². The molecule has 1 unspecified atom stereocenters. The Morgan fingerprint density at radius 2 is 1.84 bits per heavy atom. The van der Waals surface area contributed by atoms with E-state index in [0.717, 1.165) is 22.4 Å². The summed E-state index contributed by atoms with van der Waals surface area (Å²) in [5.74, 6) is -0.345. The first-order chi connectivity index (χ1) is 12.1. The Bertz CT molecular complexity index is 955. The smallest absolute Gasteiger partial charge is 0.165 e. The summed E-state index contributed by atoms with van der Waals surface area (Å²) in [4.78, 5) is 17.0. The van der Waals surface area contributed by atoms with E-state index in [2.05, 4.69) is 28.6 Å². The number of nitrogens with zero attached hydrogens (tertiary/aromatic N) is 2. The van der Waals surface area contributed by atoms with E-state index >= 15 is 0 Å². The quantitative estimate of drug-likeness (QED) is 0.644. The summed E-state index contributed by atoms with van der Waals surface area (Å²) in [5.41, 5.74) is 4.96. The van der Waals surface area contributed by atoms with Crippen molar-refractivity contribution in [3.05, 3.63) is 89.8 Å². The van der Waals surface area contributed by atoms with Crippen molar-refractivity contribution in [3.8, 4) is 0 Å². The molecule has 0 bridgehead atoms. The van der Waals surface area contributed by atoms with Gasteiger partial charge in [0, 0.05) is 12.0 Å². The molecule has 2 aromatic carbocycles. The predicted octanol–water partition coefficient (Wildman–Crippen LogP) is 4.78. The lowest BCUT2D eigenvalue weighted by molar-refractivity contribution is 0.0972. The molecule has 0 fully saturated rings. The zero-order valence-electron chi connectivity index (χ0n) is 13.8. The second-order valence-corrected chi connectivity index (χ2v) is 6.24. The van der Waals surface area contributed by atoms with Gasteiger partial charge < -0.3 is 4.57 Å². The van der Waals surface area contributed by atoms with Gasteiger partial charge in [0.15, 0.2) is 5.78 Å². The minimum absolute atomic E-state index is 0.00668. The second kappa shape index (κ2) is 6.13. The van der Waals surface area contributed by atoms with Crippen LogP contribution in [0.15, 0.2) is 67.1 Å². The van der Waals surface area contributed by atoms with Gasteiger partial charge in [-0.3, -0.25) is 4.79 Å². The number of carbonyl (C=O) groups excluding carboxylic acids is 1. The molecule has 0 saturated carbocycles. The van der Waals surface area contributed by atoms with Crippen LogP contribution >= 0.6 is 0 Å². The van der Waals surface area contributed by atoms with E-state index in [1.54, 1.807) is 18.5 Å². The number of rotatable bonds is 4. The number of halogens is 1. The number of ketones is 1. The second-order valence-electron chi connectivity index (χ2n) is 6.24. The lowest BCUT2D eigenvalue weighted by Gasteiger charge is -2.18. The van der Waals surface area contributed by atoms with Gasteiger partial charge in [-0.1, -0.05) is 30.3 Å². The van der Waals surface area contributed by atoms with Crippen LogP contribution in [-0.4, -0.2) is 15.3 Å². The molecule has 0 N–H and O–H groups in total. The normalized spacial score (nSPS) is 16.2. The summed E-state index contributed by atoms with van der Waals surface area (Å²) in [5, 5.41) is 0. The zero-order chi connectivity index (χ0) is 17.4. The monoisotopic (exact) mass is 332 g/mol. The molecule has 3 aromatic rings. The number of benzene rings is 2. The molecule has 0 radical (unpaired) electrons. The van der Waals surface area contributed by atoms with Crippen molar-refractivity contribution < 1.29 is 9.18 Å².